The molecule has 8 nitrogen and oxygen atoms in total. The molecule has 0 radical (unpaired) electrons. The summed E-state index contributed by atoms with van der Waals surface area (Å²) in [5, 5.41) is 3.68. The molecule has 3 atom stereocenters. The van der Waals surface area contributed by atoms with E-state index in [1.165, 1.54) is 5.56 Å². The summed E-state index contributed by atoms with van der Waals surface area (Å²) >= 11 is 0. The Kier molecular flexibility index (Phi) is 6.44. The number of anilines is 1. The fourth-order valence-corrected chi connectivity index (χ4v) is 5.53. The Morgan fingerprint density at radius 3 is 2.54 bits per heavy atom. The van der Waals surface area contributed by atoms with Crippen molar-refractivity contribution in [3.8, 4) is 0 Å². The second kappa shape index (κ2) is 9.82. The lowest BCUT2D eigenvalue weighted by atomic mass is 9.79. The lowest BCUT2D eigenvalue weighted by Gasteiger charge is -2.40. The van der Waals surface area contributed by atoms with E-state index in [0.717, 1.165) is 24.1 Å². The zero-order valence-corrected chi connectivity index (χ0v) is 19.6. The molecule has 5 rings (SSSR count). The van der Waals surface area contributed by atoms with Crippen LogP contribution < -0.4 is 5.32 Å². The molecule has 3 amide bonds. The van der Waals surface area contributed by atoms with Crippen molar-refractivity contribution < 1.29 is 19.1 Å². The maximum atomic E-state index is 13.3. The molecule has 3 heterocycles. The van der Waals surface area contributed by atoms with Crippen molar-refractivity contribution >= 4 is 24.1 Å². The summed E-state index contributed by atoms with van der Waals surface area (Å²) in [4.78, 5) is 42.5. The fraction of sp³-hybridized carbons (Fsp3) is 0.370. The molecule has 3 aliphatic rings. The number of hydrogen-bond acceptors (Lipinski definition) is 5. The van der Waals surface area contributed by atoms with Crippen LogP contribution in [0.2, 0.25) is 0 Å². The van der Waals surface area contributed by atoms with Gasteiger partial charge in [0.15, 0.2) is 0 Å². The summed E-state index contributed by atoms with van der Waals surface area (Å²) in [7, 11) is 0. The molecule has 0 spiro atoms. The van der Waals surface area contributed by atoms with Crippen LogP contribution in [0.4, 0.5) is 10.5 Å². The average Bonchev–Trinajstić information content (AvgIpc) is 3.37. The zero-order valence-electron chi connectivity index (χ0n) is 19.6. The molecule has 182 valence electrons. The number of nitrogens with one attached hydrogen (secondary N) is 1. The van der Waals surface area contributed by atoms with E-state index in [2.05, 4.69) is 24.0 Å². The molecular formula is C27H30N4O4. The first-order chi connectivity index (χ1) is 17.1. The van der Waals surface area contributed by atoms with Gasteiger partial charge in [-0.2, -0.15) is 0 Å². The Balaban J connectivity index is 1.48. The molecule has 1 N–H and O–H groups in total. The molecule has 35 heavy (non-hydrogen) atoms. The van der Waals surface area contributed by atoms with Crippen LogP contribution in [0, 0.1) is 5.92 Å². The van der Waals surface area contributed by atoms with Crippen LogP contribution in [-0.2, 0) is 9.53 Å². The number of fused-ring (bicyclic) bond motifs is 3. The number of benzene rings is 2. The first-order valence-corrected chi connectivity index (χ1v) is 12.1. The number of hydrogen-bond donors (Lipinski definition) is 1. The molecule has 2 saturated heterocycles. The van der Waals surface area contributed by atoms with Crippen LogP contribution in [0.1, 0.15) is 40.0 Å². The number of likely N-dealkylation sites (tertiary alicyclic amines) is 1. The topological polar surface area (TPSA) is 82.2 Å². The number of piperazine rings is 1. The zero-order chi connectivity index (χ0) is 24.4. The number of ether oxygens (including phenoxy) is 1. The quantitative estimate of drug-likeness (QED) is 0.530. The average molecular weight is 475 g/mol. The highest BCUT2D eigenvalue weighted by Gasteiger charge is 2.47. The predicted octanol–water partition coefficient (Wildman–Crippen LogP) is 3.45. The van der Waals surface area contributed by atoms with Gasteiger partial charge < -0.3 is 24.8 Å². The minimum absolute atomic E-state index is 0.0453. The highest BCUT2D eigenvalue weighted by Crippen LogP contribution is 2.51. The van der Waals surface area contributed by atoms with Crippen LogP contribution >= 0.6 is 0 Å². The van der Waals surface area contributed by atoms with E-state index in [1.807, 2.05) is 36.4 Å². The van der Waals surface area contributed by atoms with Gasteiger partial charge in [-0.1, -0.05) is 43.0 Å². The summed E-state index contributed by atoms with van der Waals surface area (Å²) in [6.45, 7) is 6.48. The van der Waals surface area contributed by atoms with E-state index in [9.17, 15) is 14.4 Å². The van der Waals surface area contributed by atoms with Crippen molar-refractivity contribution in [3.63, 3.8) is 0 Å². The number of rotatable bonds is 5. The smallest absolute Gasteiger partial charge is 0.410 e. The number of nitrogens with zero attached hydrogens (tertiary/aromatic N) is 3. The van der Waals surface area contributed by atoms with Gasteiger partial charge in [0.2, 0.25) is 6.41 Å². The van der Waals surface area contributed by atoms with E-state index in [1.54, 1.807) is 20.8 Å². The number of carbonyl (C=O) groups is 3. The van der Waals surface area contributed by atoms with Gasteiger partial charge in [0, 0.05) is 49.9 Å². The molecule has 2 fully saturated rings. The van der Waals surface area contributed by atoms with Crippen LogP contribution in [0.5, 0.6) is 0 Å². The van der Waals surface area contributed by atoms with Crippen LogP contribution in [0.25, 0.3) is 0 Å². The standard InChI is InChI=1S/C27H30N4O4/c1-2-16-35-27(34)31-11-10-21-24(19-6-4-3-5-7-19)28-23-9-8-20(17-22(23)25(21)31)26(33)30-14-12-29(18-32)13-15-30/h2-9,17-18,21,24-25,28H,1,10-16H2/t21-,24?,25-/m0/s1. The lowest BCUT2D eigenvalue weighted by Crippen LogP contribution is -2.48. The maximum Gasteiger partial charge on any atom is 0.410 e. The number of amides is 3. The molecule has 0 saturated carbocycles. The second-order valence-electron chi connectivity index (χ2n) is 9.22. The monoisotopic (exact) mass is 474 g/mol. The Labute approximate surface area is 205 Å². The largest absolute Gasteiger partial charge is 0.445 e. The van der Waals surface area contributed by atoms with Crippen molar-refractivity contribution in [2.45, 2.75) is 18.5 Å². The summed E-state index contributed by atoms with van der Waals surface area (Å²) in [6, 6.07) is 15.8. The SMILES string of the molecule is C=CCOC(=O)N1CC[C@H]2C(c3ccccc3)Nc3ccc(C(=O)N4CCN(C=O)CC4)cc3[C@H]21. The highest BCUT2D eigenvalue weighted by atomic mass is 16.6. The van der Waals surface area contributed by atoms with Gasteiger partial charge in [-0.25, -0.2) is 4.79 Å². The third-order valence-corrected chi connectivity index (χ3v) is 7.27. The van der Waals surface area contributed by atoms with Crippen molar-refractivity contribution in [1.82, 2.24) is 14.7 Å². The van der Waals surface area contributed by atoms with E-state index in [4.69, 9.17) is 4.74 Å². The fourth-order valence-electron chi connectivity index (χ4n) is 5.53. The van der Waals surface area contributed by atoms with Crippen molar-refractivity contribution in [3.05, 3.63) is 77.9 Å². The normalized spacial score (nSPS) is 23.1. The van der Waals surface area contributed by atoms with Gasteiger partial charge in [-0.3, -0.25) is 9.59 Å². The Morgan fingerprint density at radius 2 is 1.83 bits per heavy atom. The van der Waals surface area contributed by atoms with Crippen LogP contribution in [0.15, 0.2) is 61.2 Å². The molecule has 8 heteroatoms. The van der Waals surface area contributed by atoms with Gasteiger partial charge in [-0.15, -0.1) is 0 Å². The van der Waals surface area contributed by atoms with Crippen molar-refractivity contribution in [2.24, 2.45) is 5.92 Å². The van der Waals surface area contributed by atoms with Gasteiger partial charge in [0.05, 0.1) is 12.1 Å². The Hall–Kier alpha value is -3.81. The molecule has 0 bridgehead atoms. The van der Waals surface area contributed by atoms with Crippen LogP contribution in [0.3, 0.4) is 0 Å². The highest BCUT2D eigenvalue weighted by molar-refractivity contribution is 5.95. The predicted molar refractivity (Wildman–Crippen MR) is 132 cm³/mol. The van der Waals surface area contributed by atoms with Gasteiger partial charge in [0.25, 0.3) is 5.91 Å². The summed E-state index contributed by atoms with van der Waals surface area (Å²) in [6.07, 6.45) is 2.86. The molecule has 3 aliphatic heterocycles. The summed E-state index contributed by atoms with van der Waals surface area (Å²) in [5.74, 6) is 0.0848. The summed E-state index contributed by atoms with van der Waals surface area (Å²) < 4.78 is 5.41. The summed E-state index contributed by atoms with van der Waals surface area (Å²) in [5.41, 5.74) is 3.62. The first-order valence-electron chi connectivity index (χ1n) is 12.1. The lowest BCUT2D eigenvalue weighted by molar-refractivity contribution is -0.119. The maximum absolute atomic E-state index is 13.3. The minimum Gasteiger partial charge on any atom is -0.445 e. The van der Waals surface area contributed by atoms with Gasteiger partial charge in [-0.05, 0) is 35.7 Å². The third kappa shape index (κ3) is 4.36. The Morgan fingerprint density at radius 1 is 1.06 bits per heavy atom. The second-order valence-corrected chi connectivity index (χ2v) is 9.22. The molecule has 2 aromatic carbocycles. The van der Waals surface area contributed by atoms with Crippen molar-refractivity contribution in [1.29, 1.82) is 0 Å². The number of carbonyl (C=O) groups excluding carboxylic acids is 3. The minimum atomic E-state index is -0.362. The third-order valence-electron chi connectivity index (χ3n) is 7.27. The van der Waals surface area contributed by atoms with Gasteiger partial charge in [0.1, 0.15) is 6.61 Å². The molecule has 0 aromatic heterocycles. The molecule has 0 aliphatic carbocycles. The van der Waals surface area contributed by atoms with Crippen LogP contribution in [-0.4, -0.2) is 72.4 Å². The van der Waals surface area contributed by atoms with E-state index in [-0.39, 0.29) is 36.6 Å². The first kappa shape index (κ1) is 23.0. The van der Waals surface area contributed by atoms with Gasteiger partial charge >= 0.3 is 6.09 Å². The van der Waals surface area contributed by atoms with E-state index in [0.29, 0.717) is 38.3 Å². The van der Waals surface area contributed by atoms with Crippen molar-refractivity contribution in [2.75, 3.05) is 44.6 Å². The molecule has 1 unspecified atom stereocenters. The van der Waals surface area contributed by atoms with E-state index >= 15 is 0 Å². The Bertz CT molecular complexity index is 1110. The molecular weight excluding hydrogens is 444 g/mol. The van der Waals surface area contributed by atoms with E-state index < -0.39 is 0 Å². The molecule has 2 aromatic rings.